The van der Waals surface area contributed by atoms with Crippen LogP contribution < -0.4 is 10.5 Å². The largest absolute Gasteiger partial charge is 0.381 e. The summed E-state index contributed by atoms with van der Waals surface area (Å²) >= 11 is 0. The van der Waals surface area contributed by atoms with Crippen LogP contribution in [-0.4, -0.2) is 52.1 Å². The van der Waals surface area contributed by atoms with Crippen LogP contribution in [0.2, 0.25) is 0 Å². The molecule has 1 unspecified atom stereocenters. The van der Waals surface area contributed by atoms with Crippen molar-refractivity contribution in [2.75, 3.05) is 39.4 Å². The molecule has 0 bridgehead atoms. The Bertz CT molecular complexity index is 360. The summed E-state index contributed by atoms with van der Waals surface area (Å²) in [6.45, 7) is 3.91. The van der Waals surface area contributed by atoms with E-state index >= 15 is 0 Å². The van der Waals surface area contributed by atoms with E-state index in [2.05, 4.69) is 4.72 Å². The predicted molar refractivity (Wildman–Crippen MR) is 73.8 cm³/mol. The van der Waals surface area contributed by atoms with Gasteiger partial charge in [-0.3, -0.25) is 0 Å². The number of nitrogens with one attached hydrogen (secondary N) is 1. The molecular weight excluding hydrogens is 266 g/mol. The molecule has 0 aromatic heterocycles. The van der Waals surface area contributed by atoms with Crippen molar-refractivity contribution in [2.24, 2.45) is 17.6 Å². The molecule has 2 rings (SSSR count). The lowest BCUT2D eigenvalue weighted by Gasteiger charge is -2.30. The van der Waals surface area contributed by atoms with Crippen molar-refractivity contribution in [1.82, 2.24) is 9.03 Å². The van der Waals surface area contributed by atoms with Crippen LogP contribution in [0.5, 0.6) is 0 Å². The first-order valence-corrected chi connectivity index (χ1v) is 8.58. The first-order chi connectivity index (χ1) is 9.12. The van der Waals surface area contributed by atoms with Crippen molar-refractivity contribution in [3.05, 3.63) is 0 Å². The molecule has 7 heteroatoms. The van der Waals surface area contributed by atoms with Gasteiger partial charge < -0.3 is 10.5 Å². The minimum atomic E-state index is -3.30. The van der Waals surface area contributed by atoms with Crippen LogP contribution in [0.1, 0.15) is 25.7 Å². The number of hydrogen-bond acceptors (Lipinski definition) is 4. The molecule has 0 amide bonds. The third kappa shape index (κ3) is 4.39. The Kier molecular flexibility index (Phi) is 5.58. The predicted octanol–water partition coefficient (Wildman–Crippen LogP) is -0.0819. The van der Waals surface area contributed by atoms with Gasteiger partial charge in [-0.2, -0.15) is 12.7 Å². The zero-order valence-corrected chi connectivity index (χ0v) is 12.2. The Balaban J connectivity index is 1.72. The first kappa shape index (κ1) is 15.2. The van der Waals surface area contributed by atoms with E-state index in [4.69, 9.17) is 10.5 Å². The topological polar surface area (TPSA) is 84.7 Å². The van der Waals surface area contributed by atoms with Crippen LogP contribution in [-0.2, 0) is 14.9 Å². The molecule has 2 heterocycles. The highest BCUT2D eigenvalue weighted by atomic mass is 32.2. The molecule has 6 nitrogen and oxygen atoms in total. The van der Waals surface area contributed by atoms with Gasteiger partial charge >= 0.3 is 0 Å². The maximum absolute atomic E-state index is 12.1. The molecule has 2 fully saturated rings. The second kappa shape index (κ2) is 6.99. The lowest BCUT2D eigenvalue weighted by Crippen LogP contribution is -2.46. The van der Waals surface area contributed by atoms with E-state index in [9.17, 15) is 8.42 Å². The van der Waals surface area contributed by atoms with Gasteiger partial charge in [0, 0.05) is 32.8 Å². The highest BCUT2D eigenvalue weighted by Gasteiger charge is 2.27. The van der Waals surface area contributed by atoms with Crippen molar-refractivity contribution in [1.29, 1.82) is 0 Å². The summed E-state index contributed by atoms with van der Waals surface area (Å²) in [5, 5.41) is 0. The molecule has 2 aliphatic heterocycles. The van der Waals surface area contributed by atoms with Crippen LogP contribution in [0.15, 0.2) is 0 Å². The average Bonchev–Trinajstić information content (AvgIpc) is 2.92. The smallest absolute Gasteiger partial charge is 0.279 e. The summed E-state index contributed by atoms with van der Waals surface area (Å²) < 4.78 is 33.7. The Morgan fingerprint density at radius 1 is 1.21 bits per heavy atom. The van der Waals surface area contributed by atoms with Crippen LogP contribution in [0, 0.1) is 11.8 Å². The van der Waals surface area contributed by atoms with Crippen molar-refractivity contribution >= 4 is 10.2 Å². The van der Waals surface area contributed by atoms with Gasteiger partial charge in [-0.05, 0) is 44.1 Å². The minimum absolute atomic E-state index is 0.474. The van der Waals surface area contributed by atoms with Crippen molar-refractivity contribution < 1.29 is 13.2 Å². The van der Waals surface area contributed by atoms with Crippen LogP contribution in [0.25, 0.3) is 0 Å². The Hall–Kier alpha value is -0.210. The molecule has 19 heavy (non-hydrogen) atoms. The van der Waals surface area contributed by atoms with Gasteiger partial charge in [-0.15, -0.1) is 0 Å². The summed E-state index contributed by atoms with van der Waals surface area (Å²) in [6.07, 6.45) is 3.64. The molecule has 112 valence electrons. The number of hydrogen-bond donors (Lipinski definition) is 2. The van der Waals surface area contributed by atoms with E-state index in [1.807, 2.05) is 0 Å². The SMILES string of the molecule is NCC1CCN(S(=O)(=O)NCCC2CCOC2)CC1. The summed E-state index contributed by atoms with van der Waals surface area (Å²) in [6, 6.07) is 0. The molecular formula is C12H25N3O3S. The Labute approximate surface area is 115 Å². The lowest BCUT2D eigenvalue weighted by atomic mass is 9.99. The fraction of sp³-hybridized carbons (Fsp3) is 1.00. The molecule has 3 N–H and O–H groups in total. The summed E-state index contributed by atoms with van der Waals surface area (Å²) in [5.74, 6) is 0.979. The monoisotopic (exact) mass is 291 g/mol. The highest BCUT2D eigenvalue weighted by Crippen LogP contribution is 2.18. The maximum atomic E-state index is 12.1. The van der Waals surface area contributed by atoms with Crippen LogP contribution >= 0.6 is 0 Å². The quantitative estimate of drug-likeness (QED) is 0.717. The van der Waals surface area contributed by atoms with Crippen molar-refractivity contribution in [3.63, 3.8) is 0 Å². The third-order valence-corrected chi connectivity index (χ3v) is 5.72. The van der Waals surface area contributed by atoms with E-state index in [0.717, 1.165) is 38.9 Å². The molecule has 0 spiro atoms. The van der Waals surface area contributed by atoms with Gasteiger partial charge in [0.05, 0.1) is 0 Å². The van der Waals surface area contributed by atoms with Gasteiger partial charge in [-0.1, -0.05) is 0 Å². The van der Waals surface area contributed by atoms with Gasteiger partial charge in [0.25, 0.3) is 10.2 Å². The molecule has 0 aliphatic carbocycles. The van der Waals surface area contributed by atoms with Gasteiger partial charge in [0.15, 0.2) is 0 Å². The summed E-state index contributed by atoms with van der Waals surface area (Å²) in [4.78, 5) is 0. The normalized spacial score (nSPS) is 26.9. The molecule has 2 aliphatic rings. The molecule has 0 saturated carbocycles. The Morgan fingerprint density at radius 2 is 1.95 bits per heavy atom. The zero-order chi connectivity index (χ0) is 13.7. The fourth-order valence-corrected chi connectivity index (χ4v) is 3.93. The van der Waals surface area contributed by atoms with Crippen molar-refractivity contribution in [3.8, 4) is 0 Å². The molecule has 0 aromatic carbocycles. The summed E-state index contributed by atoms with van der Waals surface area (Å²) in [5.41, 5.74) is 5.61. The molecule has 2 saturated heterocycles. The van der Waals surface area contributed by atoms with E-state index in [0.29, 0.717) is 38.0 Å². The average molecular weight is 291 g/mol. The number of rotatable bonds is 6. The third-order valence-electron chi connectivity index (χ3n) is 4.11. The Morgan fingerprint density at radius 3 is 2.53 bits per heavy atom. The lowest BCUT2D eigenvalue weighted by molar-refractivity contribution is 0.184. The number of nitrogens with two attached hydrogens (primary N) is 1. The highest BCUT2D eigenvalue weighted by molar-refractivity contribution is 7.87. The minimum Gasteiger partial charge on any atom is -0.381 e. The van der Waals surface area contributed by atoms with Crippen LogP contribution in [0.3, 0.4) is 0 Å². The van der Waals surface area contributed by atoms with Gasteiger partial charge in [0.1, 0.15) is 0 Å². The van der Waals surface area contributed by atoms with E-state index in [-0.39, 0.29) is 0 Å². The second-order valence-electron chi connectivity index (χ2n) is 5.50. The van der Waals surface area contributed by atoms with Gasteiger partial charge in [-0.25, -0.2) is 4.72 Å². The zero-order valence-electron chi connectivity index (χ0n) is 11.4. The molecule has 0 aromatic rings. The van der Waals surface area contributed by atoms with E-state index in [1.54, 1.807) is 4.31 Å². The molecule has 1 atom stereocenters. The maximum Gasteiger partial charge on any atom is 0.279 e. The first-order valence-electron chi connectivity index (χ1n) is 7.14. The number of ether oxygens (including phenoxy) is 1. The standard InChI is InChI=1S/C12H25N3O3S/c13-9-11-2-6-15(7-3-11)19(16,17)14-5-1-12-4-8-18-10-12/h11-12,14H,1-10,13H2. The fourth-order valence-electron chi connectivity index (χ4n) is 2.68. The van der Waals surface area contributed by atoms with E-state index in [1.165, 1.54) is 0 Å². The van der Waals surface area contributed by atoms with Crippen LogP contribution in [0.4, 0.5) is 0 Å². The number of piperidine rings is 1. The van der Waals surface area contributed by atoms with Gasteiger partial charge in [0.2, 0.25) is 0 Å². The summed E-state index contributed by atoms with van der Waals surface area (Å²) in [7, 11) is -3.30. The van der Waals surface area contributed by atoms with Crippen molar-refractivity contribution in [2.45, 2.75) is 25.7 Å². The van der Waals surface area contributed by atoms with E-state index < -0.39 is 10.2 Å². The second-order valence-corrected chi connectivity index (χ2v) is 7.25. The molecule has 0 radical (unpaired) electrons. The number of nitrogens with zero attached hydrogens (tertiary/aromatic N) is 1.